The van der Waals surface area contributed by atoms with Crippen molar-refractivity contribution in [2.45, 2.75) is 26.8 Å². The smallest absolute Gasteiger partial charge is 0.276 e. The Bertz CT molecular complexity index is 434. The number of anilines is 2. The number of pyridine rings is 1. The van der Waals surface area contributed by atoms with Gasteiger partial charge in [-0.1, -0.05) is 13.8 Å². The molecular weight excluding hydrogens is 246 g/mol. The van der Waals surface area contributed by atoms with E-state index in [9.17, 15) is 10.1 Å². The van der Waals surface area contributed by atoms with Crippen LogP contribution in [0.3, 0.4) is 0 Å². The van der Waals surface area contributed by atoms with Crippen LogP contribution in [0.25, 0.3) is 0 Å². The third-order valence-corrected chi connectivity index (χ3v) is 2.86. The van der Waals surface area contributed by atoms with E-state index in [1.54, 1.807) is 0 Å². The fraction of sp³-hybridized carbons (Fsp3) is 0.583. The molecule has 19 heavy (non-hydrogen) atoms. The third kappa shape index (κ3) is 4.70. The van der Waals surface area contributed by atoms with Gasteiger partial charge in [0.05, 0.1) is 17.1 Å². The number of nitro groups is 1. The summed E-state index contributed by atoms with van der Waals surface area (Å²) in [6.45, 7) is 8.98. The lowest BCUT2D eigenvalue weighted by Gasteiger charge is -2.23. The largest absolute Gasteiger partial charge is 0.383 e. The maximum atomic E-state index is 10.7. The van der Waals surface area contributed by atoms with Gasteiger partial charge in [-0.25, -0.2) is 4.98 Å². The van der Waals surface area contributed by atoms with Crippen LogP contribution in [0.2, 0.25) is 0 Å². The zero-order chi connectivity index (χ0) is 14.4. The maximum Gasteiger partial charge on any atom is 0.276 e. The van der Waals surface area contributed by atoms with Crippen LogP contribution in [-0.4, -0.2) is 40.5 Å². The van der Waals surface area contributed by atoms with Crippen molar-refractivity contribution in [1.29, 1.82) is 0 Å². The molecule has 1 heterocycles. The summed E-state index contributed by atoms with van der Waals surface area (Å²) >= 11 is 0. The number of hydrogen-bond donors (Lipinski definition) is 2. The average molecular weight is 267 g/mol. The van der Waals surface area contributed by atoms with Crippen LogP contribution in [0.4, 0.5) is 17.3 Å². The summed E-state index contributed by atoms with van der Waals surface area (Å²) in [6.07, 6.45) is 0. The van der Waals surface area contributed by atoms with Crippen LogP contribution in [0.1, 0.15) is 20.8 Å². The topological polar surface area (TPSA) is 97.3 Å². The summed E-state index contributed by atoms with van der Waals surface area (Å²) in [5.41, 5.74) is 5.51. The Morgan fingerprint density at radius 1 is 1.47 bits per heavy atom. The van der Waals surface area contributed by atoms with Crippen molar-refractivity contribution < 1.29 is 4.92 Å². The van der Waals surface area contributed by atoms with Gasteiger partial charge < -0.3 is 16.0 Å². The molecule has 0 aliphatic rings. The summed E-state index contributed by atoms with van der Waals surface area (Å²) < 4.78 is 0. The number of hydrogen-bond acceptors (Lipinski definition) is 6. The first-order chi connectivity index (χ1) is 8.96. The van der Waals surface area contributed by atoms with Crippen LogP contribution in [-0.2, 0) is 0 Å². The molecule has 3 N–H and O–H groups in total. The van der Waals surface area contributed by atoms with Crippen molar-refractivity contribution in [1.82, 2.24) is 9.88 Å². The Balaban J connectivity index is 2.73. The minimum absolute atomic E-state index is 0.0509. The minimum atomic E-state index is -0.474. The quantitative estimate of drug-likeness (QED) is 0.576. The average Bonchev–Trinajstić information content (AvgIpc) is 2.35. The molecule has 0 aromatic carbocycles. The molecule has 7 heteroatoms. The number of nitrogens with one attached hydrogen (secondary N) is 1. The van der Waals surface area contributed by atoms with Crippen molar-refractivity contribution in [3.05, 3.63) is 22.2 Å². The molecule has 1 aromatic heterocycles. The second kappa shape index (κ2) is 6.89. The van der Waals surface area contributed by atoms with E-state index in [0.29, 0.717) is 5.82 Å². The number of aromatic nitrogens is 1. The molecule has 7 nitrogen and oxygen atoms in total. The van der Waals surface area contributed by atoms with E-state index in [2.05, 4.69) is 29.0 Å². The fourth-order valence-corrected chi connectivity index (χ4v) is 1.88. The fourth-order valence-electron chi connectivity index (χ4n) is 1.88. The van der Waals surface area contributed by atoms with Gasteiger partial charge in [0.15, 0.2) is 0 Å². The Morgan fingerprint density at radius 2 is 2.11 bits per heavy atom. The molecule has 0 spiro atoms. The Hall–Kier alpha value is -1.89. The first-order valence-corrected chi connectivity index (χ1v) is 6.37. The highest BCUT2D eigenvalue weighted by Gasteiger charge is 2.12. The second-order valence-corrected chi connectivity index (χ2v) is 4.42. The molecule has 0 radical (unpaired) electrons. The molecular formula is C12H21N5O2. The van der Waals surface area contributed by atoms with E-state index >= 15 is 0 Å². The van der Waals surface area contributed by atoms with E-state index in [1.165, 1.54) is 12.1 Å². The lowest BCUT2D eigenvalue weighted by molar-refractivity contribution is -0.384. The van der Waals surface area contributed by atoms with Crippen molar-refractivity contribution in [2.24, 2.45) is 0 Å². The number of nitrogens with zero attached hydrogens (tertiary/aromatic N) is 3. The molecule has 0 aliphatic carbocycles. The Labute approximate surface area is 113 Å². The van der Waals surface area contributed by atoms with Crippen LogP contribution in [0.15, 0.2) is 12.1 Å². The molecule has 1 rings (SSSR count). The van der Waals surface area contributed by atoms with E-state index in [0.717, 1.165) is 19.6 Å². The molecule has 1 atom stereocenters. The molecule has 1 aromatic rings. The standard InChI is InChI=1S/C12H21N5O2/c1-4-16(5-2)8-9(3)14-12-7-10(17(18)19)6-11(13)15-12/h6-7,9H,4-5,8H2,1-3H3,(H3,13,14,15). The first-order valence-electron chi connectivity index (χ1n) is 6.37. The van der Waals surface area contributed by atoms with Gasteiger partial charge in [-0.3, -0.25) is 10.1 Å². The SMILES string of the molecule is CCN(CC)CC(C)Nc1cc([N+](=O)[O-])cc(N)n1. The molecule has 0 aliphatic heterocycles. The normalized spacial score (nSPS) is 12.4. The number of rotatable bonds is 7. The highest BCUT2D eigenvalue weighted by molar-refractivity contribution is 5.53. The van der Waals surface area contributed by atoms with Gasteiger partial charge in [0.25, 0.3) is 5.69 Å². The molecule has 106 valence electrons. The summed E-state index contributed by atoms with van der Waals surface area (Å²) in [5, 5.41) is 13.9. The van der Waals surface area contributed by atoms with Gasteiger partial charge in [0, 0.05) is 12.6 Å². The predicted molar refractivity (Wildman–Crippen MR) is 76.2 cm³/mol. The second-order valence-electron chi connectivity index (χ2n) is 4.42. The van der Waals surface area contributed by atoms with Crippen molar-refractivity contribution in [3.8, 4) is 0 Å². The van der Waals surface area contributed by atoms with Crippen LogP contribution in [0, 0.1) is 10.1 Å². The summed E-state index contributed by atoms with van der Waals surface area (Å²) in [7, 11) is 0. The van der Waals surface area contributed by atoms with Gasteiger partial charge in [-0.15, -0.1) is 0 Å². The molecule has 1 unspecified atom stereocenters. The molecule has 0 saturated carbocycles. The van der Waals surface area contributed by atoms with Crippen molar-refractivity contribution >= 4 is 17.3 Å². The first kappa shape index (κ1) is 15.2. The summed E-state index contributed by atoms with van der Waals surface area (Å²) in [4.78, 5) is 16.6. The maximum absolute atomic E-state index is 10.7. The zero-order valence-corrected chi connectivity index (χ0v) is 11.6. The highest BCUT2D eigenvalue weighted by Crippen LogP contribution is 2.19. The van der Waals surface area contributed by atoms with Gasteiger partial charge in [-0.05, 0) is 20.0 Å². The Morgan fingerprint density at radius 3 is 2.63 bits per heavy atom. The van der Waals surface area contributed by atoms with Gasteiger partial charge >= 0.3 is 0 Å². The Kier molecular flexibility index (Phi) is 5.50. The molecule has 0 saturated heterocycles. The van der Waals surface area contributed by atoms with E-state index in [-0.39, 0.29) is 17.5 Å². The zero-order valence-electron chi connectivity index (χ0n) is 11.6. The summed E-state index contributed by atoms with van der Waals surface area (Å²) in [6, 6.07) is 2.78. The van der Waals surface area contributed by atoms with Crippen molar-refractivity contribution in [2.75, 3.05) is 30.7 Å². The van der Waals surface area contributed by atoms with Crippen LogP contribution < -0.4 is 11.1 Å². The minimum Gasteiger partial charge on any atom is -0.383 e. The highest BCUT2D eigenvalue weighted by atomic mass is 16.6. The summed E-state index contributed by atoms with van der Waals surface area (Å²) in [5.74, 6) is 0.582. The van der Waals surface area contributed by atoms with Crippen LogP contribution in [0.5, 0.6) is 0 Å². The van der Waals surface area contributed by atoms with Crippen LogP contribution >= 0.6 is 0 Å². The monoisotopic (exact) mass is 267 g/mol. The van der Waals surface area contributed by atoms with Gasteiger partial charge in [0.1, 0.15) is 11.6 Å². The predicted octanol–water partition coefficient (Wildman–Crippen LogP) is 1.71. The number of nitrogens with two attached hydrogens (primary N) is 1. The third-order valence-electron chi connectivity index (χ3n) is 2.86. The lowest BCUT2D eigenvalue weighted by atomic mass is 10.3. The molecule has 0 bridgehead atoms. The van der Waals surface area contributed by atoms with Gasteiger partial charge in [0.2, 0.25) is 0 Å². The van der Waals surface area contributed by atoms with E-state index in [1.807, 2.05) is 6.92 Å². The molecule has 0 fully saturated rings. The lowest BCUT2D eigenvalue weighted by Crippen LogP contribution is -2.34. The van der Waals surface area contributed by atoms with E-state index in [4.69, 9.17) is 5.73 Å². The van der Waals surface area contributed by atoms with E-state index < -0.39 is 4.92 Å². The number of likely N-dealkylation sites (N-methyl/N-ethyl adjacent to an activating group) is 1. The number of nitrogen functional groups attached to an aromatic ring is 1. The molecule has 0 amide bonds. The van der Waals surface area contributed by atoms with Crippen molar-refractivity contribution in [3.63, 3.8) is 0 Å². The van der Waals surface area contributed by atoms with Gasteiger partial charge in [-0.2, -0.15) is 0 Å².